The molecule has 6 nitrogen and oxygen atoms in total. The summed E-state index contributed by atoms with van der Waals surface area (Å²) in [5.41, 5.74) is 1.54. The zero-order chi connectivity index (χ0) is 13.9. The van der Waals surface area contributed by atoms with Crippen LogP contribution in [-0.2, 0) is 21.4 Å². The highest BCUT2D eigenvalue weighted by atomic mass is 32.2. The molecule has 0 atom stereocenters. The lowest BCUT2D eigenvalue weighted by atomic mass is 10.2. The molecule has 19 heavy (non-hydrogen) atoms. The van der Waals surface area contributed by atoms with Crippen molar-refractivity contribution in [3.63, 3.8) is 0 Å². The Kier molecular flexibility index (Phi) is 4.06. The maximum Gasteiger partial charge on any atom is 0.304 e. The summed E-state index contributed by atoms with van der Waals surface area (Å²) < 4.78 is 25.8. The SMILES string of the molecule is O=C(O)CCS(=O)(=O)N1CCNCc2ccccc21. The molecule has 2 rings (SSSR count). The topological polar surface area (TPSA) is 86.7 Å². The van der Waals surface area contributed by atoms with Crippen molar-refractivity contribution in [1.29, 1.82) is 0 Å². The fourth-order valence-electron chi connectivity index (χ4n) is 2.04. The quantitative estimate of drug-likeness (QED) is 0.836. The highest BCUT2D eigenvalue weighted by Gasteiger charge is 2.26. The standard InChI is InChI=1S/C12H16N2O4S/c15-12(16)5-8-19(17,18)14-7-6-13-9-10-3-1-2-4-11(10)14/h1-4,13H,5-9H2,(H,15,16). The van der Waals surface area contributed by atoms with Crippen LogP contribution in [0.3, 0.4) is 0 Å². The van der Waals surface area contributed by atoms with Crippen molar-refractivity contribution in [1.82, 2.24) is 5.32 Å². The molecule has 1 aliphatic heterocycles. The van der Waals surface area contributed by atoms with Gasteiger partial charge in [0.05, 0.1) is 17.9 Å². The molecule has 2 N–H and O–H groups in total. The Morgan fingerprint density at radius 1 is 1.37 bits per heavy atom. The maximum absolute atomic E-state index is 12.2. The summed E-state index contributed by atoms with van der Waals surface area (Å²) in [5, 5.41) is 11.8. The number of nitrogens with one attached hydrogen (secondary N) is 1. The lowest BCUT2D eigenvalue weighted by molar-refractivity contribution is -0.136. The molecule has 0 spiro atoms. The fraction of sp³-hybridized carbons (Fsp3) is 0.417. The molecule has 0 bridgehead atoms. The number of carboxylic acids is 1. The van der Waals surface area contributed by atoms with E-state index in [0.717, 1.165) is 5.56 Å². The number of anilines is 1. The fourth-order valence-corrected chi connectivity index (χ4v) is 3.54. The van der Waals surface area contributed by atoms with Crippen LogP contribution in [0.1, 0.15) is 12.0 Å². The average molecular weight is 284 g/mol. The van der Waals surface area contributed by atoms with Gasteiger partial charge in [0, 0.05) is 19.6 Å². The first-order valence-electron chi connectivity index (χ1n) is 6.01. The summed E-state index contributed by atoms with van der Waals surface area (Å²) in [6.07, 6.45) is -0.381. The third kappa shape index (κ3) is 3.24. The number of benzene rings is 1. The van der Waals surface area contributed by atoms with Gasteiger partial charge in [-0.3, -0.25) is 9.10 Å². The summed E-state index contributed by atoms with van der Waals surface area (Å²) in [6.45, 7) is 1.47. The lowest BCUT2D eigenvalue weighted by Crippen LogP contribution is -2.36. The van der Waals surface area contributed by atoms with E-state index in [1.165, 1.54) is 4.31 Å². The Bertz CT molecular complexity index is 571. The van der Waals surface area contributed by atoms with Gasteiger partial charge in [-0.25, -0.2) is 8.42 Å². The minimum absolute atomic E-state index is 0.318. The molecule has 0 aliphatic carbocycles. The smallest absolute Gasteiger partial charge is 0.304 e. The van der Waals surface area contributed by atoms with Crippen LogP contribution in [-0.4, -0.2) is 38.3 Å². The minimum atomic E-state index is -3.60. The molecule has 0 radical (unpaired) electrons. The lowest BCUT2D eigenvalue weighted by Gasteiger charge is -2.23. The molecule has 104 valence electrons. The number of carbonyl (C=O) groups is 1. The number of aliphatic carboxylic acids is 1. The van der Waals surface area contributed by atoms with Crippen LogP contribution in [0.2, 0.25) is 0 Å². The van der Waals surface area contributed by atoms with Crippen molar-refractivity contribution in [2.75, 3.05) is 23.1 Å². The average Bonchev–Trinajstić information content (AvgIpc) is 2.59. The molecule has 1 heterocycles. The number of sulfonamides is 1. The first-order valence-corrected chi connectivity index (χ1v) is 7.62. The second-order valence-corrected chi connectivity index (χ2v) is 6.35. The van der Waals surface area contributed by atoms with Crippen molar-refractivity contribution < 1.29 is 18.3 Å². The largest absolute Gasteiger partial charge is 0.481 e. The maximum atomic E-state index is 12.2. The van der Waals surface area contributed by atoms with E-state index >= 15 is 0 Å². The zero-order valence-corrected chi connectivity index (χ0v) is 11.2. The summed E-state index contributed by atoms with van der Waals surface area (Å²) in [6, 6.07) is 7.26. The van der Waals surface area contributed by atoms with Gasteiger partial charge in [0.25, 0.3) is 0 Å². The number of fused-ring (bicyclic) bond motifs is 1. The normalized spacial score (nSPS) is 15.7. The van der Waals surface area contributed by atoms with Gasteiger partial charge in [-0.05, 0) is 11.6 Å². The number of rotatable bonds is 4. The van der Waals surface area contributed by atoms with Crippen molar-refractivity contribution in [2.45, 2.75) is 13.0 Å². The van der Waals surface area contributed by atoms with Crippen LogP contribution >= 0.6 is 0 Å². The van der Waals surface area contributed by atoms with E-state index in [9.17, 15) is 13.2 Å². The summed E-state index contributed by atoms with van der Waals surface area (Å²) in [5.74, 6) is -1.48. The number of para-hydroxylation sites is 1. The third-order valence-corrected chi connectivity index (χ3v) is 4.75. The Morgan fingerprint density at radius 2 is 2.11 bits per heavy atom. The molecule has 0 saturated carbocycles. The Balaban J connectivity index is 2.31. The molecule has 1 aromatic carbocycles. The van der Waals surface area contributed by atoms with E-state index in [2.05, 4.69) is 5.32 Å². The molecule has 0 unspecified atom stereocenters. The molecule has 0 aromatic heterocycles. The van der Waals surface area contributed by atoms with Gasteiger partial charge in [-0.15, -0.1) is 0 Å². The Morgan fingerprint density at radius 3 is 2.84 bits per heavy atom. The van der Waals surface area contributed by atoms with Gasteiger partial charge < -0.3 is 10.4 Å². The highest BCUT2D eigenvalue weighted by Crippen LogP contribution is 2.25. The van der Waals surface area contributed by atoms with Crippen molar-refractivity contribution in [3.8, 4) is 0 Å². The molecule has 0 fully saturated rings. The van der Waals surface area contributed by atoms with E-state index in [4.69, 9.17) is 5.11 Å². The Labute approximate surface area is 112 Å². The van der Waals surface area contributed by atoms with Crippen molar-refractivity contribution in [3.05, 3.63) is 29.8 Å². The minimum Gasteiger partial charge on any atom is -0.481 e. The van der Waals surface area contributed by atoms with Gasteiger partial charge in [-0.2, -0.15) is 0 Å². The predicted octanol–water partition coefficient (Wildman–Crippen LogP) is 0.401. The van der Waals surface area contributed by atoms with Crippen LogP contribution in [0.5, 0.6) is 0 Å². The first kappa shape index (κ1) is 13.8. The highest BCUT2D eigenvalue weighted by molar-refractivity contribution is 7.92. The van der Waals surface area contributed by atoms with Gasteiger partial charge >= 0.3 is 5.97 Å². The van der Waals surface area contributed by atoms with E-state index in [1.54, 1.807) is 12.1 Å². The van der Waals surface area contributed by atoms with Gasteiger partial charge in [0.15, 0.2) is 0 Å². The van der Waals surface area contributed by atoms with Crippen LogP contribution < -0.4 is 9.62 Å². The molecular weight excluding hydrogens is 268 g/mol. The van der Waals surface area contributed by atoms with Crippen LogP contribution in [0, 0.1) is 0 Å². The predicted molar refractivity (Wildman–Crippen MR) is 71.5 cm³/mol. The number of carboxylic acid groups (broad SMARTS) is 1. The number of nitrogens with zero attached hydrogens (tertiary/aromatic N) is 1. The summed E-state index contributed by atoms with van der Waals surface area (Å²) in [4.78, 5) is 10.5. The van der Waals surface area contributed by atoms with Crippen LogP contribution in [0.15, 0.2) is 24.3 Å². The van der Waals surface area contributed by atoms with E-state index in [-0.39, 0.29) is 12.2 Å². The van der Waals surface area contributed by atoms with E-state index in [0.29, 0.717) is 25.3 Å². The third-order valence-electron chi connectivity index (χ3n) is 2.98. The molecule has 0 amide bonds. The molecule has 1 aliphatic rings. The van der Waals surface area contributed by atoms with Crippen molar-refractivity contribution >= 4 is 21.7 Å². The van der Waals surface area contributed by atoms with Crippen LogP contribution in [0.4, 0.5) is 5.69 Å². The van der Waals surface area contributed by atoms with Crippen molar-refractivity contribution in [2.24, 2.45) is 0 Å². The number of hydrogen-bond acceptors (Lipinski definition) is 4. The molecule has 1 aromatic rings. The summed E-state index contributed by atoms with van der Waals surface area (Å²) >= 11 is 0. The van der Waals surface area contributed by atoms with Gasteiger partial charge in [-0.1, -0.05) is 18.2 Å². The Hall–Kier alpha value is -1.60. The molecule has 0 saturated heterocycles. The second kappa shape index (κ2) is 5.58. The van der Waals surface area contributed by atoms with E-state index in [1.807, 2.05) is 12.1 Å². The second-order valence-electron chi connectivity index (χ2n) is 4.34. The molecule has 7 heteroatoms. The van der Waals surface area contributed by atoms with E-state index < -0.39 is 16.0 Å². The van der Waals surface area contributed by atoms with Gasteiger partial charge in [0.2, 0.25) is 10.0 Å². The number of hydrogen-bond donors (Lipinski definition) is 2. The zero-order valence-electron chi connectivity index (χ0n) is 10.4. The summed E-state index contributed by atoms with van der Waals surface area (Å²) in [7, 11) is -3.60. The monoisotopic (exact) mass is 284 g/mol. The van der Waals surface area contributed by atoms with Crippen LogP contribution in [0.25, 0.3) is 0 Å². The first-order chi connectivity index (χ1) is 9.00. The van der Waals surface area contributed by atoms with Gasteiger partial charge in [0.1, 0.15) is 0 Å². The molecular formula is C12H16N2O4S.